The Morgan fingerprint density at radius 1 is 1.32 bits per heavy atom. The van der Waals surface area contributed by atoms with E-state index in [4.69, 9.17) is 10.3 Å². The van der Waals surface area contributed by atoms with Crippen molar-refractivity contribution in [2.24, 2.45) is 5.73 Å². The van der Waals surface area contributed by atoms with E-state index in [9.17, 15) is 13.2 Å². The summed E-state index contributed by atoms with van der Waals surface area (Å²) >= 11 is 0. The molecule has 1 saturated heterocycles. The molecular formula is C12H18N2O4S. The fourth-order valence-corrected chi connectivity index (χ4v) is 2.04. The molecule has 1 heterocycles. The standard InChI is InChI=1S/C7H8O3S.C5H10N2O/c1-6-2-4-7(5-3-6)11(8,9)10;1-7-3-2-4(6)5(7)8/h2-5H,1H3,(H,8,9,10);4H,2-3,6H2,1H3/t;4-/m.1/s1. The molecule has 1 amide bonds. The molecule has 19 heavy (non-hydrogen) atoms. The fraction of sp³-hybridized carbons (Fsp3) is 0.417. The number of nitrogens with zero attached hydrogens (tertiary/aromatic N) is 1. The van der Waals surface area contributed by atoms with Crippen molar-refractivity contribution >= 4 is 16.0 Å². The SMILES string of the molecule is CN1CC[C@@H](N)C1=O.Cc1ccc(S(=O)(=O)O)cc1. The Morgan fingerprint density at radius 2 is 1.84 bits per heavy atom. The number of aryl methyl sites for hydroxylation is 1. The van der Waals surface area contributed by atoms with Crippen LogP contribution in [0.5, 0.6) is 0 Å². The van der Waals surface area contributed by atoms with E-state index in [2.05, 4.69) is 0 Å². The second-order valence-electron chi connectivity index (χ2n) is 4.44. The van der Waals surface area contributed by atoms with Crippen molar-refractivity contribution in [3.8, 4) is 0 Å². The molecule has 0 aliphatic carbocycles. The average Bonchev–Trinajstić information content (AvgIpc) is 2.61. The highest BCUT2D eigenvalue weighted by molar-refractivity contribution is 7.85. The van der Waals surface area contributed by atoms with E-state index in [1.807, 2.05) is 6.92 Å². The molecule has 0 aromatic heterocycles. The number of likely N-dealkylation sites (N-methyl/N-ethyl adjacent to an activating group) is 1. The summed E-state index contributed by atoms with van der Waals surface area (Å²) in [5.74, 6) is 0.0741. The minimum absolute atomic E-state index is 0.0666. The lowest BCUT2D eigenvalue weighted by molar-refractivity contribution is -0.127. The Labute approximate surface area is 113 Å². The molecular weight excluding hydrogens is 268 g/mol. The van der Waals surface area contributed by atoms with Gasteiger partial charge in [0.1, 0.15) is 0 Å². The zero-order valence-corrected chi connectivity index (χ0v) is 11.7. The third-order valence-corrected chi connectivity index (χ3v) is 3.66. The Bertz CT molecular complexity index is 527. The first-order chi connectivity index (χ1) is 8.71. The van der Waals surface area contributed by atoms with E-state index in [-0.39, 0.29) is 16.8 Å². The van der Waals surface area contributed by atoms with Gasteiger partial charge in [-0.15, -0.1) is 0 Å². The van der Waals surface area contributed by atoms with Gasteiger partial charge in [-0.25, -0.2) is 0 Å². The molecule has 1 atom stereocenters. The normalized spacial score (nSPS) is 19.1. The topological polar surface area (TPSA) is 101 Å². The van der Waals surface area contributed by atoms with E-state index >= 15 is 0 Å². The van der Waals surface area contributed by atoms with Crippen LogP contribution in [0.1, 0.15) is 12.0 Å². The van der Waals surface area contributed by atoms with Gasteiger partial charge in [-0.2, -0.15) is 8.42 Å². The first-order valence-corrected chi connectivity index (χ1v) is 7.20. The van der Waals surface area contributed by atoms with Gasteiger partial charge in [0.15, 0.2) is 0 Å². The number of benzene rings is 1. The van der Waals surface area contributed by atoms with Crippen molar-refractivity contribution in [3.05, 3.63) is 29.8 Å². The van der Waals surface area contributed by atoms with Crippen LogP contribution in [0.15, 0.2) is 29.2 Å². The molecule has 0 saturated carbocycles. The highest BCUT2D eigenvalue weighted by Crippen LogP contribution is 2.08. The van der Waals surface area contributed by atoms with E-state index in [1.54, 1.807) is 24.1 Å². The summed E-state index contributed by atoms with van der Waals surface area (Å²) in [6.07, 6.45) is 0.815. The zero-order chi connectivity index (χ0) is 14.6. The summed E-state index contributed by atoms with van der Waals surface area (Å²) < 4.78 is 29.6. The summed E-state index contributed by atoms with van der Waals surface area (Å²) in [6.45, 7) is 2.66. The number of rotatable bonds is 1. The van der Waals surface area contributed by atoms with E-state index in [0.717, 1.165) is 18.5 Å². The van der Waals surface area contributed by atoms with Gasteiger partial charge in [-0.3, -0.25) is 9.35 Å². The van der Waals surface area contributed by atoms with Crippen molar-refractivity contribution in [1.29, 1.82) is 0 Å². The van der Waals surface area contributed by atoms with E-state index < -0.39 is 10.1 Å². The Balaban J connectivity index is 0.000000200. The quantitative estimate of drug-likeness (QED) is 0.729. The number of nitrogens with two attached hydrogens (primary N) is 1. The lowest BCUT2D eigenvalue weighted by atomic mass is 10.2. The number of carbonyl (C=O) groups is 1. The Hall–Kier alpha value is -1.44. The number of likely N-dealkylation sites (tertiary alicyclic amines) is 1. The molecule has 0 bridgehead atoms. The zero-order valence-electron chi connectivity index (χ0n) is 10.9. The van der Waals surface area contributed by atoms with Crippen molar-refractivity contribution in [1.82, 2.24) is 4.90 Å². The van der Waals surface area contributed by atoms with Crippen LogP contribution in [0, 0.1) is 6.92 Å². The maximum Gasteiger partial charge on any atom is 0.294 e. The lowest BCUT2D eigenvalue weighted by Crippen LogP contribution is -2.31. The molecule has 1 aromatic carbocycles. The van der Waals surface area contributed by atoms with Gasteiger partial charge in [-0.1, -0.05) is 17.7 Å². The highest BCUT2D eigenvalue weighted by Gasteiger charge is 2.24. The maximum absolute atomic E-state index is 10.7. The molecule has 0 unspecified atom stereocenters. The number of amides is 1. The first kappa shape index (κ1) is 15.6. The monoisotopic (exact) mass is 286 g/mol. The highest BCUT2D eigenvalue weighted by atomic mass is 32.2. The van der Waals surface area contributed by atoms with Crippen LogP contribution in [0.25, 0.3) is 0 Å². The van der Waals surface area contributed by atoms with Gasteiger partial charge < -0.3 is 10.6 Å². The number of hydrogen-bond acceptors (Lipinski definition) is 4. The molecule has 1 aliphatic heterocycles. The van der Waals surface area contributed by atoms with Gasteiger partial charge in [0, 0.05) is 13.6 Å². The fourth-order valence-electron chi connectivity index (χ4n) is 1.56. The molecule has 7 heteroatoms. The van der Waals surface area contributed by atoms with Crippen molar-refractivity contribution in [2.45, 2.75) is 24.3 Å². The molecule has 3 N–H and O–H groups in total. The third kappa shape index (κ3) is 4.62. The predicted octanol–water partition coefficient (Wildman–Crippen LogP) is 0.418. The summed E-state index contributed by atoms with van der Waals surface area (Å²) in [5.41, 5.74) is 6.33. The second kappa shape index (κ2) is 6.14. The Kier molecular flexibility index (Phi) is 5.04. The maximum atomic E-state index is 10.7. The smallest absolute Gasteiger partial charge is 0.294 e. The molecule has 1 fully saturated rings. The van der Waals surface area contributed by atoms with Crippen LogP contribution >= 0.6 is 0 Å². The molecule has 0 radical (unpaired) electrons. The van der Waals surface area contributed by atoms with E-state index in [0.29, 0.717) is 0 Å². The molecule has 0 spiro atoms. The minimum atomic E-state index is -4.02. The third-order valence-electron chi connectivity index (χ3n) is 2.79. The van der Waals surface area contributed by atoms with Crippen LogP contribution in [0.2, 0.25) is 0 Å². The van der Waals surface area contributed by atoms with Gasteiger partial charge in [0.2, 0.25) is 5.91 Å². The van der Waals surface area contributed by atoms with Crippen LogP contribution in [-0.2, 0) is 14.9 Å². The number of hydrogen-bond donors (Lipinski definition) is 2. The van der Waals surface area contributed by atoms with Crippen LogP contribution in [-0.4, -0.2) is 43.4 Å². The van der Waals surface area contributed by atoms with Crippen LogP contribution in [0.3, 0.4) is 0 Å². The van der Waals surface area contributed by atoms with Gasteiger partial charge >= 0.3 is 0 Å². The van der Waals surface area contributed by atoms with Gasteiger partial charge in [0.05, 0.1) is 10.9 Å². The molecule has 2 rings (SSSR count). The summed E-state index contributed by atoms with van der Waals surface area (Å²) in [7, 11) is -2.25. The van der Waals surface area contributed by atoms with Crippen LogP contribution < -0.4 is 5.73 Å². The molecule has 1 aromatic rings. The Morgan fingerprint density at radius 3 is 2.11 bits per heavy atom. The van der Waals surface area contributed by atoms with Crippen molar-refractivity contribution in [2.75, 3.05) is 13.6 Å². The predicted molar refractivity (Wildman–Crippen MR) is 71.2 cm³/mol. The van der Waals surface area contributed by atoms with Crippen LogP contribution in [0.4, 0.5) is 0 Å². The summed E-state index contributed by atoms with van der Waals surface area (Å²) in [5, 5.41) is 0. The minimum Gasteiger partial charge on any atom is -0.344 e. The lowest BCUT2D eigenvalue weighted by Gasteiger charge is -2.05. The number of carbonyl (C=O) groups excluding carboxylic acids is 1. The largest absolute Gasteiger partial charge is 0.344 e. The first-order valence-electron chi connectivity index (χ1n) is 5.76. The van der Waals surface area contributed by atoms with Crippen molar-refractivity contribution < 1.29 is 17.8 Å². The van der Waals surface area contributed by atoms with E-state index in [1.165, 1.54) is 12.1 Å². The van der Waals surface area contributed by atoms with Gasteiger partial charge in [-0.05, 0) is 25.5 Å². The molecule has 6 nitrogen and oxygen atoms in total. The molecule has 1 aliphatic rings. The average molecular weight is 286 g/mol. The summed E-state index contributed by atoms with van der Waals surface area (Å²) in [6, 6.07) is 5.77. The van der Waals surface area contributed by atoms with Gasteiger partial charge in [0.25, 0.3) is 10.1 Å². The second-order valence-corrected chi connectivity index (χ2v) is 5.86. The molecule has 106 valence electrons. The van der Waals surface area contributed by atoms with Crippen molar-refractivity contribution in [3.63, 3.8) is 0 Å². The summed E-state index contributed by atoms with van der Waals surface area (Å²) in [4.78, 5) is 12.3.